The molecule has 4 aliphatic carbocycles. The molecule has 34 heavy (non-hydrogen) atoms. The third-order valence-corrected chi connectivity index (χ3v) is 9.85. The fraction of sp³-hybridized carbons (Fsp3) is 0.867. The van der Waals surface area contributed by atoms with Gasteiger partial charge in [-0.2, -0.15) is 0 Å². The molecule has 192 valence electrons. The monoisotopic (exact) mass is 472 g/mol. The Labute approximate surface area is 207 Å². The van der Waals surface area contributed by atoms with Crippen LogP contribution in [0.5, 0.6) is 0 Å². The molecule has 4 heteroatoms. The van der Waals surface area contributed by atoms with E-state index in [1.54, 1.807) is 0 Å². The number of fused-ring (bicyclic) bond motifs is 2. The van der Waals surface area contributed by atoms with E-state index in [1.165, 1.54) is 31.3 Å². The first-order chi connectivity index (χ1) is 16.1. The van der Waals surface area contributed by atoms with Gasteiger partial charge in [0.15, 0.2) is 0 Å². The number of rotatable bonds is 9. The Morgan fingerprint density at radius 2 is 2.03 bits per heavy atom. The smallest absolute Gasteiger partial charge is 0.123 e. The second-order valence-electron chi connectivity index (χ2n) is 12.5. The minimum Gasteiger partial charge on any atom is -0.393 e. The highest BCUT2D eigenvalue weighted by Gasteiger charge is 2.63. The largest absolute Gasteiger partial charge is 0.393 e. The van der Waals surface area contributed by atoms with Crippen molar-refractivity contribution in [2.75, 3.05) is 19.8 Å². The van der Waals surface area contributed by atoms with E-state index < -0.39 is 5.60 Å². The van der Waals surface area contributed by atoms with Gasteiger partial charge in [0.2, 0.25) is 0 Å². The molecule has 0 aromatic heterocycles. The molecular formula is C30H48O4. The molecule has 0 radical (unpaired) electrons. The Morgan fingerprint density at radius 3 is 2.74 bits per heavy atom. The lowest BCUT2D eigenvalue weighted by atomic mass is 9.60. The summed E-state index contributed by atoms with van der Waals surface area (Å²) in [6.45, 7) is 12.9. The molecule has 1 unspecified atom stereocenters. The summed E-state index contributed by atoms with van der Waals surface area (Å²) in [6, 6.07) is 0. The topological polar surface area (TPSA) is 58.9 Å². The second-order valence-corrected chi connectivity index (χ2v) is 12.5. The van der Waals surface area contributed by atoms with E-state index in [-0.39, 0.29) is 17.6 Å². The first-order valence-corrected chi connectivity index (χ1v) is 13.9. The molecule has 4 fully saturated rings. The number of hydrogen-bond acceptors (Lipinski definition) is 4. The Kier molecular flexibility index (Phi) is 7.90. The molecule has 4 aliphatic rings. The third-order valence-electron chi connectivity index (χ3n) is 9.85. The molecule has 0 aliphatic heterocycles. The molecule has 8 atom stereocenters. The zero-order valence-electron chi connectivity index (χ0n) is 22.2. The van der Waals surface area contributed by atoms with Crippen molar-refractivity contribution in [3.05, 3.63) is 11.6 Å². The lowest BCUT2D eigenvalue weighted by molar-refractivity contribution is -0.0113. The molecule has 0 spiro atoms. The maximum atomic E-state index is 11.2. The first kappa shape index (κ1) is 26.2. The van der Waals surface area contributed by atoms with Gasteiger partial charge in [-0.3, -0.25) is 0 Å². The molecule has 4 rings (SSSR count). The highest BCUT2D eigenvalue weighted by atomic mass is 16.5. The summed E-state index contributed by atoms with van der Waals surface area (Å²) in [6.07, 6.45) is 11.5. The summed E-state index contributed by atoms with van der Waals surface area (Å²) in [7, 11) is 0. The Bertz CT molecular complexity index is 806. The summed E-state index contributed by atoms with van der Waals surface area (Å²) in [4.78, 5) is 0. The summed E-state index contributed by atoms with van der Waals surface area (Å²) in [5.41, 5.74) is 1.36. The van der Waals surface area contributed by atoms with E-state index in [0.29, 0.717) is 48.9 Å². The van der Waals surface area contributed by atoms with Gasteiger partial charge in [0, 0.05) is 18.4 Å². The molecule has 0 bridgehead atoms. The fourth-order valence-electron chi connectivity index (χ4n) is 7.99. The van der Waals surface area contributed by atoms with Crippen molar-refractivity contribution in [1.29, 1.82) is 0 Å². The van der Waals surface area contributed by atoms with E-state index >= 15 is 0 Å². The van der Waals surface area contributed by atoms with Crippen molar-refractivity contribution < 1.29 is 19.7 Å². The minimum atomic E-state index is -0.441. The van der Waals surface area contributed by atoms with Gasteiger partial charge in [0.1, 0.15) is 5.60 Å². The van der Waals surface area contributed by atoms with Crippen molar-refractivity contribution >= 4 is 0 Å². The van der Waals surface area contributed by atoms with Crippen LogP contribution in [0.4, 0.5) is 0 Å². The van der Waals surface area contributed by atoms with Crippen LogP contribution < -0.4 is 0 Å². The predicted molar refractivity (Wildman–Crippen MR) is 136 cm³/mol. The molecule has 0 amide bonds. The van der Waals surface area contributed by atoms with E-state index in [4.69, 9.17) is 9.47 Å². The standard InChI is InChI=1S/C30H48O4/c1-6-33-15-16-34-28(3,4)13-7-9-21(2)25-11-12-26-22(10-8-14-29(25,26)5)17-27(32)30-19-23(30)18-24(31)20-30/h17,21,23-27,31-32H,6,8-12,14-16,18-20H2,1-5H3/b22-17+/t21-,23-,24+,25-,26-,27?,29-,30+/m1/s1. The van der Waals surface area contributed by atoms with Crippen molar-refractivity contribution in [2.45, 2.75) is 110 Å². The third kappa shape index (κ3) is 5.29. The SMILES string of the molecule is CCOCCOC(C)(C)C#CC[C@@H](C)[C@H]1CC[C@@H]2/C(=C/C(O)[C@@]34C[C@@H](O)C[C@@H]3C4)CCC[C@@]21C. The van der Waals surface area contributed by atoms with Crippen LogP contribution in [0.3, 0.4) is 0 Å². The predicted octanol–water partition coefficient (Wildman–Crippen LogP) is 5.51. The van der Waals surface area contributed by atoms with Gasteiger partial charge >= 0.3 is 0 Å². The fourth-order valence-corrected chi connectivity index (χ4v) is 7.99. The van der Waals surface area contributed by atoms with E-state index in [9.17, 15) is 10.2 Å². The van der Waals surface area contributed by atoms with Crippen LogP contribution in [0.2, 0.25) is 0 Å². The van der Waals surface area contributed by atoms with Gasteiger partial charge in [-0.1, -0.05) is 37.3 Å². The maximum Gasteiger partial charge on any atom is 0.123 e. The van der Waals surface area contributed by atoms with Gasteiger partial charge in [0.25, 0.3) is 0 Å². The summed E-state index contributed by atoms with van der Waals surface area (Å²) >= 11 is 0. The zero-order chi connectivity index (χ0) is 24.6. The van der Waals surface area contributed by atoms with Gasteiger partial charge in [-0.25, -0.2) is 0 Å². The number of allylic oxidation sites excluding steroid dienone is 1. The van der Waals surface area contributed by atoms with Crippen LogP contribution in [0.1, 0.15) is 92.4 Å². The van der Waals surface area contributed by atoms with Crippen molar-refractivity contribution in [2.24, 2.45) is 34.5 Å². The van der Waals surface area contributed by atoms with Gasteiger partial charge < -0.3 is 19.7 Å². The molecule has 0 aromatic carbocycles. The lowest BCUT2D eigenvalue weighted by Crippen LogP contribution is -2.36. The summed E-state index contributed by atoms with van der Waals surface area (Å²) in [5, 5.41) is 21.2. The minimum absolute atomic E-state index is 0.0152. The van der Waals surface area contributed by atoms with Crippen LogP contribution in [0.25, 0.3) is 0 Å². The number of hydrogen-bond donors (Lipinski definition) is 2. The highest BCUT2D eigenvalue weighted by molar-refractivity contribution is 5.25. The Balaban J connectivity index is 1.36. The van der Waals surface area contributed by atoms with E-state index in [0.717, 1.165) is 32.1 Å². The van der Waals surface area contributed by atoms with Crippen molar-refractivity contribution in [3.63, 3.8) is 0 Å². The van der Waals surface area contributed by atoms with E-state index in [2.05, 4.69) is 31.8 Å². The molecule has 4 saturated carbocycles. The summed E-state index contributed by atoms with van der Waals surface area (Å²) in [5.74, 6) is 9.18. The van der Waals surface area contributed by atoms with Gasteiger partial charge in [0.05, 0.1) is 25.4 Å². The zero-order valence-corrected chi connectivity index (χ0v) is 22.2. The van der Waals surface area contributed by atoms with Crippen LogP contribution in [0.15, 0.2) is 11.6 Å². The Hall–Kier alpha value is -0.860. The molecule has 0 heterocycles. The molecular weight excluding hydrogens is 424 g/mol. The number of aliphatic hydroxyl groups is 2. The highest BCUT2D eigenvalue weighted by Crippen LogP contribution is 2.66. The average molecular weight is 473 g/mol. The average Bonchev–Trinajstić information content (AvgIpc) is 3.16. The summed E-state index contributed by atoms with van der Waals surface area (Å²) < 4.78 is 11.3. The van der Waals surface area contributed by atoms with Crippen molar-refractivity contribution in [1.82, 2.24) is 0 Å². The van der Waals surface area contributed by atoms with E-state index in [1.807, 2.05) is 20.8 Å². The number of aliphatic hydroxyl groups excluding tert-OH is 2. The Morgan fingerprint density at radius 1 is 1.24 bits per heavy atom. The van der Waals surface area contributed by atoms with Crippen LogP contribution in [0, 0.1) is 46.3 Å². The lowest BCUT2D eigenvalue weighted by Gasteiger charge is -2.44. The van der Waals surface area contributed by atoms with Gasteiger partial charge in [-0.05, 0) is 101 Å². The maximum absolute atomic E-state index is 11.2. The van der Waals surface area contributed by atoms with Gasteiger partial charge in [-0.15, -0.1) is 0 Å². The molecule has 0 saturated heterocycles. The first-order valence-electron chi connectivity index (χ1n) is 13.9. The number of ether oxygens (including phenoxy) is 2. The molecule has 2 N–H and O–H groups in total. The second kappa shape index (κ2) is 10.3. The van der Waals surface area contributed by atoms with Crippen molar-refractivity contribution in [3.8, 4) is 11.8 Å². The normalized spacial score (nSPS) is 39.8. The van der Waals surface area contributed by atoms with Crippen LogP contribution in [-0.2, 0) is 9.47 Å². The van der Waals surface area contributed by atoms with Crippen LogP contribution >= 0.6 is 0 Å². The molecule has 0 aromatic rings. The van der Waals surface area contributed by atoms with Crippen LogP contribution in [-0.4, -0.2) is 47.8 Å². The molecule has 4 nitrogen and oxygen atoms in total. The quantitative estimate of drug-likeness (QED) is 0.264.